The minimum atomic E-state index is -3.97. The van der Waals surface area contributed by atoms with E-state index in [9.17, 15) is 22.4 Å². The zero-order valence-electron chi connectivity index (χ0n) is 20.4. The molecule has 0 aliphatic carbocycles. The first-order chi connectivity index (χ1) is 17.5. The van der Waals surface area contributed by atoms with Crippen molar-refractivity contribution in [3.05, 3.63) is 69.1 Å². The van der Waals surface area contributed by atoms with Gasteiger partial charge in [0.15, 0.2) is 17.4 Å². The maximum absolute atomic E-state index is 15.2. The molecule has 1 saturated heterocycles. The Kier molecular flexibility index (Phi) is 7.48. The fourth-order valence-corrected chi connectivity index (χ4v) is 4.42. The van der Waals surface area contributed by atoms with Crippen molar-refractivity contribution in [3.8, 4) is 5.75 Å². The lowest BCUT2D eigenvalue weighted by Gasteiger charge is -2.31. The Morgan fingerprint density at radius 3 is 2.54 bits per heavy atom. The second kappa shape index (κ2) is 10.4. The molecular weight excluding hydrogens is 510 g/mol. The van der Waals surface area contributed by atoms with Crippen molar-refractivity contribution in [2.45, 2.75) is 19.4 Å². The van der Waals surface area contributed by atoms with E-state index in [1.54, 1.807) is 0 Å². The number of likely N-dealkylation sites (tertiary alicyclic amines) is 1. The molecule has 0 saturated carbocycles. The van der Waals surface area contributed by atoms with Gasteiger partial charge in [-0.1, -0.05) is 12.1 Å². The summed E-state index contributed by atoms with van der Waals surface area (Å²) >= 11 is 0. The van der Waals surface area contributed by atoms with Gasteiger partial charge in [-0.15, -0.1) is 0 Å². The van der Waals surface area contributed by atoms with Crippen LogP contribution in [0.5, 0.6) is 5.75 Å². The van der Waals surface area contributed by atoms with Gasteiger partial charge in [-0.2, -0.15) is 8.42 Å². The van der Waals surface area contributed by atoms with E-state index < -0.39 is 39.3 Å². The number of amides is 1. The summed E-state index contributed by atoms with van der Waals surface area (Å²) in [5.74, 6) is -2.08. The van der Waals surface area contributed by atoms with Gasteiger partial charge in [0.1, 0.15) is 5.58 Å². The van der Waals surface area contributed by atoms with Gasteiger partial charge in [-0.25, -0.2) is 23.1 Å². The molecule has 3 aromatic rings. The lowest BCUT2D eigenvalue weighted by Crippen LogP contribution is -2.37. The number of benzene rings is 2. The van der Waals surface area contributed by atoms with Gasteiger partial charge in [0.25, 0.3) is 10.2 Å². The predicted octanol–water partition coefficient (Wildman–Crippen LogP) is 2.80. The summed E-state index contributed by atoms with van der Waals surface area (Å²) in [6, 6.07) is 6.40. The second-order valence-corrected chi connectivity index (χ2v) is 10.4. The molecule has 0 spiro atoms. The minimum Gasteiger partial charge on any atom is -0.422 e. The van der Waals surface area contributed by atoms with Crippen molar-refractivity contribution >= 4 is 33.0 Å². The molecule has 4 rings (SSSR count). The largest absolute Gasteiger partial charge is 0.422 e. The number of carbonyl (C=O) groups excluding carboxylic acids is 1. The first kappa shape index (κ1) is 26.5. The average Bonchev–Trinajstić information content (AvgIpc) is 2.81. The average molecular weight is 537 g/mol. The topological polar surface area (TPSA) is 121 Å². The molecule has 1 aliphatic rings. The Morgan fingerprint density at radius 2 is 1.92 bits per heavy atom. The molecule has 2 N–H and O–H groups in total. The summed E-state index contributed by atoms with van der Waals surface area (Å²) in [7, 11) is 0.0894. The van der Waals surface area contributed by atoms with Crippen LogP contribution in [0, 0.1) is 11.6 Å². The number of nitrogens with zero attached hydrogens (tertiary/aromatic N) is 2. The summed E-state index contributed by atoms with van der Waals surface area (Å²) in [5, 5.41) is 0.288. The van der Waals surface area contributed by atoms with E-state index in [1.165, 1.54) is 39.3 Å². The number of hydrogen-bond acceptors (Lipinski definition) is 7. The molecule has 0 unspecified atom stereocenters. The van der Waals surface area contributed by atoms with Crippen molar-refractivity contribution in [1.29, 1.82) is 0 Å². The third kappa shape index (κ3) is 5.73. The Labute approximate surface area is 212 Å². The molecule has 2 heterocycles. The van der Waals surface area contributed by atoms with E-state index in [4.69, 9.17) is 9.15 Å². The van der Waals surface area contributed by atoms with Crippen molar-refractivity contribution in [3.63, 3.8) is 0 Å². The Hall–Kier alpha value is -3.55. The highest BCUT2D eigenvalue weighted by atomic mass is 32.2. The van der Waals surface area contributed by atoms with E-state index in [0.29, 0.717) is 12.1 Å². The maximum Gasteiger partial charge on any atom is 0.414 e. The van der Waals surface area contributed by atoms with Gasteiger partial charge < -0.3 is 14.1 Å². The van der Waals surface area contributed by atoms with E-state index in [2.05, 4.69) is 4.72 Å². The summed E-state index contributed by atoms with van der Waals surface area (Å²) in [6.45, 7) is 1.84. The highest BCUT2D eigenvalue weighted by Crippen LogP contribution is 2.31. The van der Waals surface area contributed by atoms with Gasteiger partial charge in [0, 0.05) is 51.1 Å². The normalized spacial score (nSPS) is 13.9. The van der Waals surface area contributed by atoms with Gasteiger partial charge in [0.05, 0.1) is 5.69 Å². The highest BCUT2D eigenvalue weighted by Gasteiger charge is 2.24. The second-order valence-electron chi connectivity index (χ2n) is 8.78. The number of halogens is 2. The number of carbonyl (C=O) groups is 1. The number of rotatable bonds is 8. The SMILES string of the molecule is CNS(=O)(=O)Nc1cccc(Cc2c(CN3CCC3)c3cc(F)c(OC(=O)N(C)C)cc3oc2=O)c1F. The smallest absolute Gasteiger partial charge is 0.414 e. The molecule has 1 amide bonds. The van der Waals surface area contributed by atoms with Crippen LogP contribution in [0.1, 0.15) is 23.1 Å². The molecule has 37 heavy (non-hydrogen) atoms. The van der Waals surface area contributed by atoms with Gasteiger partial charge in [-0.3, -0.25) is 9.62 Å². The van der Waals surface area contributed by atoms with Crippen LogP contribution in [0.25, 0.3) is 11.0 Å². The van der Waals surface area contributed by atoms with E-state index in [-0.39, 0.29) is 34.2 Å². The van der Waals surface area contributed by atoms with Crippen LogP contribution in [0.4, 0.5) is 19.3 Å². The van der Waals surface area contributed by atoms with Crippen LogP contribution in [0.2, 0.25) is 0 Å². The molecule has 0 atom stereocenters. The van der Waals surface area contributed by atoms with Crippen LogP contribution in [-0.4, -0.2) is 58.5 Å². The van der Waals surface area contributed by atoms with Crippen LogP contribution < -0.4 is 19.8 Å². The zero-order chi connectivity index (χ0) is 26.9. The number of hydrogen-bond donors (Lipinski definition) is 2. The number of fused-ring (bicyclic) bond motifs is 1. The fraction of sp³-hybridized carbons (Fsp3) is 0.333. The first-order valence-corrected chi connectivity index (χ1v) is 12.9. The molecule has 0 radical (unpaired) electrons. The van der Waals surface area contributed by atoms with E-state index in [1.807, 2.05) is 9.62 Å². The third-order valence-corrected chi connectivity index (χ3v) is 7.05. The van der Waals surface area contributed by atoms with Gasteiger partial charge in [0.2, 0.25) is 0 Å². The van der Waals surface area contributed by atoms with Gasteiger partial charge >= 0.3 is 11.7 Å². The van der Waals surface area contributed by atoms with Crippen LogP contribution in [-0.2, 0) is 23.2 Å². The van der Waals surface area contributed by atoms with Crippen LogP contribution in [0.3, 0.4) is 0 Å². The fourth-order valence-electron chi connectivity index (χ4n) is 3.87. The molecular formula is C24H26F2N4O6S. The van der Waals surface area contributed by atoms with E-state index in [0.717, 1.165) is 36.5 Å². The predicted molar refractivity (Wildman–Crippen MR) is 133 cm³/mol. The molecule has 1 aliphatic heterocycles. The third-order valence-electron chi connectivity index (χ3n) is 6.02. The Morgan fingerprint density at radius 1 is 1.19 bits per heavy atom. The molecule has 1 fully saturated rings. The lowest BCUT2D eigenvalue weighted by molar-refractivity contribution is 0.170. The Bertz CT molecular complexity index is 1520. The molecule has 2 aromatic carbocycles. The summed E-state index contributed by atoms with van der Waals surface area (Å²) in [6.07, 6.45) is -0.0561. The summed E-state index contributed by atoms with van der Waals surface area (Å²) in [4.78, 5) is 28.2. The number of ether oxygens (including phenoxy) is 1. The lowest BCUT2D eigenvalue weighted by atomic mass is 9.96. The molecule has 13 heteroatoms. The molecule has 10 nitrogen and oxygen atoms in total. The standard InChI is InChI=1S/C24H26F2N4O6S/c1-27-37(33,34)28-19-7-4-6-14(22(19)26)10-16-17(13-30-8-5-9-30)15-11-18(25)21(36-24(32)29(2)3)12-20(15)35-23(16)31/h4,6-7,11-12,27-28H,5,8-10,13H2,1-3H3. The van der Waals surface area contributed by atoms with Crippen molar-refractivity contribution in [2.75, 3.05) is 39.0 Å². The van der Waals surface area contributed by atoms with Crippen molar-refractivity contribution in [1.82, 2.24) is 14.5 Å². The van der Waals surface area contributed by atoms with Crippen LogP contribution in [0.15, 0.2) is 39.5 Å². The highest BCUT2D eigenvalue weighted by molar-refractivity contribution is 7.90. The minimum absolute atomic E-state index is 0.0169. The van der Waals surface area contributed by atoms with Gasteiger partial charge in [-0.05, 0) is 42.8 Å². The maximum atomic E-state index is 15.2. The van der Waals surface area contributed by atoms with E-state index >= 15 is 4.39 Å². The molecule has 198 valence electrons. The number of nitrogens with one attached hydrogen (secondary N) is 2. The molecule has 1 aromatic heterocycles. The first-order valence-electron chi connectivity index (χ1n) is 11.4. The van der Waals surface area contributed by atoms with Crippen LogP contribution >= 0.6 is 0 Å². The Balaban J connectivity index is 1.81. The summed E-state index contributed by atoms with van der Waals surface area (Å²) in [5.41, 5.74) is -0.423. The monoisotopic (exact) mass is 536 g/mol. The molecule has 0 bridgehead atoms. The number of anilines is 1. The quantitative estimate of drug-likeness (QED) is 0.425. The van der Waals surface area contributed by atoms with Crippen molar-refractivity contribution in [2.24, 2.45) is 0 Å². The zero-order valence-corrected chi connectivity index (χ0v) is 21.2. The van der Waals surface area contributed by atoms with Crippen molar-refractivity contribution < 1.29 is 31.1 Å². The summed E-state index contributed by atoms with van der Waals surface area (Å²) < 4.78 is 68.5.